The highest BCUT2D eigenvalue weighted by Gasteiger charge is 2.27. The molecule has 0 unspecified atom stereocenters. The van der Waals surface area contributed by atoms with E-state index in [1.165, 1.54) is 29.9 Å². The van der Waals surface area contributed by atoms with Crippen molar-refractivity contribution < 1.29 is 14.1 Å². The molecule has 0 fully saturated rings. The van der Waals surface area contributed by atoms with Crippen LogP contribution in [0, 0.1) is 0 Å². The molecule has 0 radical (unpaired) electrons. The topological polar surface area (TPSA) is 59.0 Å². The van der Waals surface area contributed by atoms with Crippen molar-refractivity contribution in [3.8, 4) is 0 Å². The van der Waals surface area contributed by atoms with Crippen molar-refractivity contribution in [1.82, 2.24) is 4.67 Å². The molecule has 0 amide bonds. The van der Waals surface area contributed by atoms with Crippen LogP contribution in [0.1, 0.15) is 37.0 Å². The first-order valence-corrected chi connectivity index (χ1v) is 12.7. The van der Waals surface area contributed by atoms with Crippen molar-refractivity contribution in [2.75, 3.05) is 25.7 Å². The number of carbonyl (C=O) groups is 1. The van der Waals surface area contributed by atoms with Crippen LogP contribution >= 0.6 is 28.5 Å². The summed E-state index contributed by atoms with van der Waals surface area (Å²) in [5.74, 6) is 1.35. The van der Waals surface area contributed by atoms with Crippen molar-refractivity contribution >= 4 is 46.5 Å². The molecule has 0 aliphatic heterocycles. The number of methoxy groups -OCH3 is 1. The van der Waals surface area contributed by atoms with Gasteiger partial charge < -0.3 is 9.41 Å². The van der Waals surface area contributed by atoms with E-state index in [0.717, 1.165) is 24.3 Å². The second-order valence-corrected chi connectivity index (χ2v) is 13.1. The summed E-state index contributed by atoms with van der Waals surface area (Å²) in [6, 6.07) is 6.80. The van der Waals surface area contributed by atoms with Crippen molar-refractivity contribution in [3.05, 3.63) is 29.8 Å². The SMILES string of the molecule is CCCSP(=O)(SCCC)N(C)C=Nc1ccc(C(=O)OC)cc1. The lowest BCUT2D eigenvalue weighted by atomic mass is 10.2. The molecule has 1 rings (SSSR count). The van der Waals surface area contributed by atoms with E-state index >= 15 is 0 Å². The fourth-order valence-electron chi connectivity index (χ4n) is 1.65. The van der Waals surface area contributed by atoms with Gasteiger partial charge in [0.15, 0.2) is 0 Å². The zero-order chi connectivity index (χ0) is 18.0. The molecule has 0 heterocycles. The van der Waals surface area contributed by atoms with Crippen LogP contribution in [0.5, 0.6) is 0 Å². The molecule has 134 valence electrons. The summed E-state index contributed by atoms with van der Waals surface area (Å²) in [7, 11) is 3.15. The number of ether oxygens (including phenoxy) is 1. The molecule has 1 aromatic rings. The smallest absolute Gasteiger partial charge is 0.337 e. The number of hydrogen-bond acceptors (Lipinski definition) is 6. The van der Waals surface area contributed by atoms with Gasteiger partial charge in [0.2, 0.25) is 0 Å². The molecule has 1 aromatic carbocycles. The maximum atomic E-state index is 13.1. The third kappa shape index (κ3) is 6.54. The predicted molar refractivity (Wildman–Crippen MR) is 107 cm³/mol. The zero-order valence-electron chi connectivity index (χ0n) is 14.6. The van der Waals surface area contributed by atoms with Crippen molar-refractivity contribution in [2.24, 2.45) is 4.99 Å². The van der Waals surface area contributed by atoms with Gasteiger partial charge in [0.05, 0.1) is 24.7 Å². The minimum Gasteiger partial charge on any atom is -0.465 e. The Morgan fingerprint density at radius 2 is 1.75 bits per heavy atom. The van der Waals surface area contributed by atoms with Crippen LogP contribution in [0.4, 0.5) is 5.69 Å². The molecule has 0 saturated heterocycles. The van der Waals surface area contributed by atoms with E-state index in [9.17, 15) is 9.36 Å². The van der Waals surface area contributed by atoms with Gasteiger partial charge in [-0.25, -0.2) is 9.79 Å². The lowest BCUT2D eigenvalue weighted by Gasteiger charge is -2.24. The monoisotopic (exact) mass is 388 g/mol. The molecule has 8 heteroatoms. The van der Waals surface area contributed by atoms with E-state index in [1.54, 1.807) is 42.3 Å². The van der Waals surface area contributed by atoms with Gasteiger partial charge in [-0.05, 0) is 37.1 Å². The van der Waals surface area contributed by atoms with Gasteiger partial charge >= 0.3 is 5.97 Å². The fraction of sp³-hybridized carbons (Fsp3) is 0.500. The summed E-state index contributed by atoms with van der Waals surface area (Å²) in [6.45, 7) is 4.16. The molecular formula is C16H25N2O3PS2. The molecule has 0 N–H and O–H groups in total. The van der Waals surface area contributed by atoms with Gasteiger partial charge in [0, 0.05) is 18.6 Å². The molecule has 0 saturated carbocycles. The Morgan fingerprint density at radius 3 is 2.21 bits per heavy atom. The van der Waals surface area contributed by atoms with Crippen molar-refractivity contribution in [2.45, 2.75) is 26.7 Å². The molecule has 0 aliphatic carbocycles. The Morgan fingerprint density at radius 1 is 1.21 bits per heavy atom. The lowest BCUT2D eigenvalue weighted by Crippen LogP contribution is -2.09. The van der Waals surface area contributed by atoms with E-state index in [-0.39, 0.29) is 5.97 Å². The van der Waals surface area contributed by atoms with Gasteiger partial charge in [-0.3, -0.25) is 4.57 Å². The summed E-state index contributed by atoms with van der Waals surface area (Å²) in [5.41, 5.74) is -1.39. The highest BCUT2D eigenvalue weighted by atomic mass is 33.1. The van der Waals surface area contributed by atoms with Crippen LogP contribution in [-0.2, 0) is 9.30 Å². The quantitative estimate of drug-likeness (QED) is 0.230. The Hall–Kier alpha value is -0.910. The van der Waals surface area contributed by atoms with E-state index in [2.05, 4.69) is 23.6 Å². The predicted octanol–water partition coefficient (Wildman–Crippen LogP) is 5.46. The van der Waals surface area contributed by atoms with Crippen molar-refractivity contribution in [1.29, 1.82) is 0 Å². The zero-order valence-corrected chi connectivity index (χ0v) is 17.1. The van der Waals surface area contributed by atoms with Gasteiger partial charge in [0.25, 0.3) is 5.70 Å². The number of esters is 1. The van der Waals surface area contributed by atoms with Gasteiger partial charge in [-0.15, -0.1) is 0 Å². The van der Waals surface area contributed by atoms with Crippen LogP contribution in [-0.4, -0.2) is 42.6 Å². The minimum absolute atomic E-state index is 0.376. The summed E-state index contributed by atoms with van der Waals surface area (Å²) >= 11 is 3.02. The Balaban J connectivity index is 2.81. The van der Waals surface area contributed by atoms with Gasteiger partial charge in [-0.1, -0.05) is 36.6 Å². The largest absolute Gasteiger partial charge is 0.465 e. The average Bonchev–Trinajstić information content (AvgIpc) is 2.62. The second kappa shape index (κ2) is 10.9. The summed E-state index contributed by atoms with van der Waals surface area (Å²) in [4.78, 5) is 15.8. The number of benzene rings is 1. The van der Waals surface area contributed by atoms with Crippen LogP contribution in [0.3, 0.4) is 0 Å². The summed E-state index contributed by atoms with van der Waals surface area (Å²) < 4.78 is 19.5. The molecule has 0 atom stereocenters. The number of nitrogens with zero attached hydrogens (tertiary/aromatic N) is 2. The third-order valence-corrected chi connectivity index (χ3v) is 12.2. The molecular weight excluding hydrogens is 363 g/mol. The molecule has 0 aromatic heterocycles. The average molecular weight is 388 g/mol. The maximum absolute atomic E-state index is 13.1. The first-order valence-electron chi connectivity index (χ1n) is 7.81. The number of aliphatic imine (C=N–C) groups is 1. The Kier molecular flexibility index (Phi) is 9.56. The molecule has 0 bridgehead atoms. The first-order chi connectivity index (χ1) is 11.5. The third-order valence-electron chi connectivity index (χ3n) is 2.97. The molecule has 0 aliphatic rings. The highest BCUT2D eigenvalue weighted by molar-refractivity contribution is 8.90. The van der Waals surface area contributed by atoms with E-state index in [0.29, 0.717) is 11.3 Å². The Labute approximate surface area is 152 Å². The van der Waals surface area contributed by atoms with Crippen molar-refractivity contribution in [3.63, 3.8) is 0 Å². The first kappa shape index (κ1) is 21.1. The Bertz CT molecular complexity index is 581. The number of rotatable bonds is 10. The highest BCUT2D eigenvalue weighted by Crippen LogP contribution is 2.70. The minimum atomic E-state index is -2.57. The van der Waals surface area contributed by atoms with Crippen LogP contribution in [0.15, 0.2) is 29.3 Å². The summed E-state index contributed by atoms with van der Waals surface area (Å²) in [6.07, 6.45) is 3.59. The maximum Gasteiger partial charge on any atom is 0.337 e. The molecule has 24 heavy (non-hydrogen) atoms. The van der Waals surface area contributed by atoms with Gasteiger partial charge in [-0.2, -0.15) is 0 Å². The van der Waals surface area contributed by atoms with Gasteiger partial charge in [0.1, 0.15) is 0 Å². The summed E-state index contributed by atoms with van der Waals surface area (Å²) in [5, 5.41) is 0. The normalized spacial score (nSPS) is 11.7. The lowest BCUT2D eigenvalue weighted by molar-refractivity contribution is 0.0601. The van der Waals surface area contributed by atoms with E-state index < -0.39 is 5.70 Å². The second-order valence-electron chi connectivity index (χ2n) is 4.99. The molecule has 5 nitrogen and oxygen atoms in total. The number of hydrogen-bond donors (Lipinski definition) is 0. The van der Waals surface area contributed by atoms with Crippen LogP contribution in [0.2, 0.25) is 0 Å². The fourth-order valence-corrected chi connectivity index (χ4v) is 9.15. The van der Waals surface area contributed by atoms with Crippen LogP contribution in [0.25, 0.3) is 0 Å². The van der Waals surface area contributed by atoms with Crippen LogP contribution < -0.4 is 0 Å². The van der Waals surface area contributed by atoms with E-state index in [4.69, 9.17) is 0 Å². The standard InChI is InChI=1S/C16H25N2O3PS2/c1-5-11-23-22(20,24-12-6-2)18(3)13-17-15-9-7-14(8-10-15)16(19)21-4/h7-10,13H,5-6,11-12H2,1-4H3. The molecule has 0 spiro atoms. The number of carbonyl (C=O) groups excluding carboxylic acids is 1. The van der Waals surface area contributed by atoms with E-state index in [1.807, 2.05) is 0 Å².